The molecule has 1 aliphatic rings. The molecule has 0 heterocycles. The minimum absolute atomic E-state index is 0.0116. The highest BCUT2D eigenvalue weighted by atomic mass is 32.2. The van der Waals surface area contributed by atoms with Gasteiger partial charge in [0.05, 0.1) is 10.5 Å². The van der Waals surface area contributed by atoms with Crippen LogP contribution in [0.1, 0.15) is 56.3 Å². The Morgan fingerprint density at radius 1 is 1.19 bits per heavy atom. The standard InChI is InChI=1S/C19H28N2O5S/c1-3-20-27(24,25)17-12-8-9-15(13-17)19(23)26-14-18(22)21(4-2)16-10-6-5-7-11-16/h8-9,12-13,16,20H,3-7,10-11,14H2,1-2H3. The number of rotatable bonds is 8. The molecular weight excluding hydrogens is 368 g/mol. The van der Waals surface area contributed by atoms with Crippen molar-refractivity contribution in [1.29, 1.82) is 0 Å². The van der Waals surface area contributed by atoms with E-state index in [0.717, 1.165) is 25.7 Å². The van der Waals surface area contributed by atoms with Crippen LogP contribution in [-0.4, -0.2) is 50.9 Å². The molecular formula is C19H28N2O5S. The van der Waals surface area contributed by atoms with E-state index in [1.807, 2.05) is 6.92 Å². The molecule has 0 saturated heterocycles. The lowest BCUT2D eigenvalue weighted by Gasteiger charge is -2.33. The molecule has 0 bridgehead atoms. The fraction of sp³-hybridized carbons (Fsp3) is 0.579. The molecule has 1 fully saturated rings. The van der Waals surface area contributed by atoms with Gasteiger partial charge in [-0.1, -0.05) is 32.3 Å². The molecule has 150 valence electrons. The summed E-state index contributed by atoms with van der Waals surface area (Å²) in [6.07, 6.45) is 5.39. The van der Waals surface area contributed by atoms with Crippen molar-refractivity contribution >= 4 is 21.9 Å². The Kier molecular flexibility index (Phi) is 7.79. The van der Waals surface area contributed by atoms with Crippen LogP contribution in [0.2, 0.25) is 0 Å². The van der Waals surface area contributed by atoms with Gasteiger partial charge in [0.15, 0.2) is 6.61 Å². The first-order valence-corrected chi connectivity index (χ1v) is 10.9. The molecule has 27 heavy (non-hydrogen) atoms. The van der Waals surface area contributed by atoms with E-state index in [4.69, 9.17) is 4.74 Å². The van der Waals surface area contributed by atoms with Crippen LogP contribution in [0.4, 0.5) is 0 Å². The number of carbonyl (C=O) groups is 2. The Balaban J connectivity index is 1.99. The van der Waals surface area contributed by atoms with E-state index in [1.54, 1.807) is 11.8 Å². The quantitative estimate of drug-likeness (QED) is 0.681. The van der Waals surface area contributed by atoms with Crippen molar-refractivity contribution in [3.8, 4) is 0 Å². The Hall–Kier alpha value is -1.93. The van der Waals surface area contributed by atoms with Gasteiger partial charge in [0.2, 0.25) is 10.0 Å². The molecule has 0 atom stereocenters. The van der Waals surface area contributed by atoms with Gasteiger partial charge in [-0.3, -0.25) is 4.79 Å². The van der Waals surface area contributed by atoms with E-state index >= 15 is 0 Å². The SMILES string of the molecule is CCNS(=O)(=O)c1cccc(C(=O)OCC(=O)N(CC)C2CCCCC2)c1. The lowest BCUT2D eigenvalue weighted by molar-refractivity contribution is -0.137. The monoisotopic (exact) mass is 396 g/mol. The van der Waals surface area contributed by atoms with Gasteiger partial charge in [0, 0.05) is 19.1 Å². The number of esters is 1. The second-order valence-electron chi connectivity index (χ2n) is 6.58. The van der Waals surface area contributed by atoms with Gasteiger partial charge in [-0.25, -0.2) is 17.9 Å². The summed E-state index contributed by atoms with van der Waals surface area (Å²) in [6, 6.07) is 5.81. The van der Waals surface area contributed by atoms with E-state index in [0.29, 0.717) is 6.54 Å². The third-order valence-electron chi connectivity index (χ3n) is 4.72. The molecule has 1 amide bonds. The lowest BCUT2D eigenvalue weighted by Crippen LogP contribution is -2.43. The number of ether oxygens (including phenoxy) is 1. The number of amides is 1. The number of benzene rings is 1. The van der Waals surface area contributed by atoms with E-state index in [-0.39, 0.29) is 35.6 Å². The largest absolute Gasteiger partial charge is 0.452 e. The highest BCUT2D eigenvalue weighted by Crippen LogP contribution is 2.22. The minimum atomic E-state index is -3.66. The molecule has 0 unspecified atom stereocenters. The summed E-state index contributed by atoms with van der Waals surface area (Å²) in [7, 11) is -3.66. The normalized spacial score (nSPS) is 15.3. The third-order valence-corrected chi connectivity index (χ3v) is 6.26. The van der Waals surface area contributed by atoms with Crippen molar-refractivity contribution in [3.05, 3.63) is 29.8 Å². The maximum absolute atomic E-state index is 12.5. The van der Waals surface area contributed by atoms with E-state index in [2.05, 4.69) is 4.72 Å². The van der Waals surface area contributed by atoms with Gasteiger partial charge >= 0.3 is 5.97 Å². The molecule has 1 aliphatic carbocycles. The summed E-state index contributed by atoms with van der Waals surface area (Å²) >= 11 is 0. The van der Waals surface area contributed by atoms with Crippen molar-refractivity contribution in [2.24, 2.45) is 0 Å². The van der Waals surface area contributed by atoms with Crippen LogP contribution in [0.25, 0.3) is 0 Å². The fourth-order valence-corrected chi connectivity index (χ4v) is 4.47. The zero-order valence-corrected chi connectivity index (χ0v) is 16.8. The predicted molar refractivity (Wildman–Crippen MR) is 102 cm³/mol. The Morgan fingerprint density at radius 3 is 2.52 bits per heavy atom. The summed E-state index contributed by atoms with van der Waals surface area (Å²) in [5.74, 6) is -0.925. The summed E-state index contributed by atoms with van der Waals surface area (Å²) < 4.78 is 31.6. The Labute approximate surface area is 161 Å². The summed E-state index contributed by atoms with van der Waals surface area (Å²) in [5, 5.41) is 0. The number of carbonyl (C=O) groups excluding carboxylic acids is 2. The van der Waals surface area contributed by atoms with Crippen molar-refractivity contribution in [2.75, 3.05) is 19.7 Å². The number of likely N-dealkylation sites (N-methyl/N-ethyl adjacent to an activating group) is 1. The van der Waals surface area contributed by atoms with Crippen LogP contribution in [0.15, 0.2) is 29.2 Å². The van der Waals surface area contributed by atoms with Gasteiger partial charge in [-0.15, -0.1) is 0 Å². The van der Waals surface area contributed by atoms with Crippen LogP contribution in [0.3, 0.4) is 0 Å². The zero-order chi connectivity index (χ0) is 19.9. The topological polar surface area (TPSA) is 92.8 Å². The second-order valence-corrected chi connectivity index (χ2v) is 8.34. The van der Waals surface area contributed by atoms with Crippen molar-refractivity contribution in [2.45, 2.75) is 56.9 Å². The molecule has 0 spiro atoms. The first-order valence-electron chi connectivity index (χ1n) is 9.45. The van der Waals surface area contributed by atoms with Gasteiger partial charge in [0.1, 0.15) is 0 Å². The van der Waals surface area contributed by atoms with E-state index in [1.165, 1.54) is 30.7 Å². The van der Waals surface area contributed by atoms with E-state index < -0.39 is 16.0 Å². The maximum atomic E-state index is 12.5. The number of hydrogen-bond acceptors (Lipinski definition) is 5. The number of hydrogen-bond donors (Lipinski definition) is 1. The molecule has 1 aromatic rings. The predicted octanol–water partition coefficient (Wildman–Crippen LogP) is 2.32. The first-order chi connectivity index (χ1) is 12.9. The molecule has 0 aromatic heterocycles. The highest BCUT2D eigenvalue weighted by molar-refractivity contribution is 7.89. The molecule has 1 saturated carbocycles. The van der Waals surface area contributed by atoms with Crippen LogP contribution in [0.5, 0.6) is 0 Å². The average Bonchev–Trinajstić information content (AvgIpc) is 2.67. The molecule has 0 aliphatic heterocycles. The average molecular weight is 397 g/mol. The zero-order valence-electron chi connectivity index (χ0n) is 15.9. The molecule has 0 radical (unpaired) electrons. The molecule has 2 rings (SSSR count). The number of nitrogens with zero attached hydrogens (tertiary/aromatic N) is 1. The fourth-order valence-electron chi connectivity index (χ4n) is 3.39. The van der Waals surface area contributed by atoms with Gasteiger partial charge in [0.25, 0.3) is 5.91 Å². The van der Waals surface area contributed by atoms with Gasteiger partial charge in [-0.05, 0) is 38.0 Å². The third kappa shape index (κ3) is 5.77. The van der Waals surface area contributed by atoms with Crippen LogP contribution in [-0.2, 0) is 19.6 Å². The molecule has 7 nitrogen and oxygen atoms in total. The molecule has 1 aromatic carbocycles. The molecule has 8 heteroatoms. The van der Waals surface area contributed by atoms with Crippen LogP contribution < -0.4 is 4.72 Å². The van der Waals surface area contributed by atoms with Gasteiger partial charge in [-0.2, -0.15) is 0 Å². The lowest BCUT2D eigenvalue weighted by atomic mass is 9.94. The Morgan fingerprint density at radius 2 is 1.89 bits per heavy atom. The Bertz CT molecular complexity index is 757. The smallest absolute Gasteiger partial charge is 0.338 e. The maximum Gasteiger partial charge on any atom is 0.338 e. The van der Waals surface area contributed by atoms with Gasteiger partial charge < -0.3 is 9.64 Å². The van der Waals surface area contributed by atoms with Crippen molar-refractivity contribution in [3.63, 3.8) is 0 Å². The van der Waals surface area contributed by atoms with Crippen molar-refractivity contribution in [1.82, 2.24) is 9.62 Å². The van der Waals surface area contributed by atoms with Crippen LogP contribution >= 0.6 is 0 Å². The number of sulfonamides is 1. The summed E-state index contributed by atoms with van der Waals surface area (Å²) in [5.41, 5.74) is 0.0995. The molecule has 1 N–H and O–H groups in total. The summed E-state index contributed by atoms with van der Waals surface area (Å²) in [4.78, 5) is 26.5. The highest BCUT2D eigenvalue weighted by Gasteiger charge is 2.25. The number of nitrogens with one attached hydrogen (secondary N) is 1. The summed E-state index contributed by atoms with van der Waals surface area (Å²) in [6.45, 7) is 4.08. The van der Waals surface area contributed by atoms with E-state index in [9.17, 15) is 18.0 Å². The van der Waals surface area contributed by atoms with Crippen LogP contribution in [0, 0.1) is 0 Å². The second kappa shape index (κ2) is 9.85. The first kappa shape index (κ1) is 21.4. The van der Waals surface area contributed by atoms with Crippen molar-refractivity contribution < 1.29 is 22.7 Å². The minimum Gasteiger partial charge on any atom is -0.452 e.